The molecule has 12 N–H and O–H groups in total. The summed E-state index contributed by atoms with van der Waals surface area (Å²) >= 11 is 0. The quantitative estimate of drug-likeness (QED) is 0.0776. The minimum atomic E-state index is -1.94. The molecule has 10 fully saturated rings. The zero-order valence-electron chi connectivity index (χ0n) is 43.6. The summed E-state index contributed by atoms with van der Waals surface area (Å²) in [5, 5.41) is 130. The van der Waals surface area contributed by atoms with E-state index < -0.39 is 153 Å². The van der Waals surface area contributed by atoms with Crippen molar-refractivity contribution in [2.45, 2.75) is 234 Å². The first-order valence-electron chi connectivity index (χ1n) is 27.0. The molecule has 29 atom stereocenters. The van der Waals surface area contributed by atoms with Crippen LogP contribution in [0.2, 0.25) is 0 Å². The van der Waals surface area contributed by atoms with E-state index in [0.717, 1.165) is 44.1 Å². The number of hydrogen-bond donors (Lipinski definition) is 12. The molecule has 22 heteroatoms. The smallest absolute Gasteiger partial charge is 0.187 e. The number of hydrogen-bond acceptors (Lipinski definition) is 22. The number of ether oxygens (including phenoxy) is 10. The second kappa shape index (κ2) is 20.1. The van der Waals surface area contributed by atoms with Gasteiger partial charge in [0.05, 0.1) is 50.8 Å². The number of aliphatic hydroxyl groups excluding tert-OH is 11. The Kier molecular flexibility index (Phi) is 15.3. The summed E-state index contributed by atoms with van der Waals surface area (Å²) in [6, 6.07) is 0. The van der Waals surface area contributed by atoms with E-state index in [1.165, 1.54) is 0 Å². The van der Waals surface area contributed by atoms with Gasteiger partial charge < -0.3 is 109 Å². The second-order valence-corrected chi connectivity index (χ2v) is 25.3. The molecule has 0 amide bonds. The summed E-state index contributed by atoms with van der Waals surface area (Å²) in [6.45, 7) is 13.6. The fraction of sp³-hybridized carbons (Fsp3) is 0.962. The standard InChI is InChI=1S/C52H84O22/c1-22(2)14-23-15-50(7,64)42-24-8-9-30-48(5)12-11-31(47(3,4)29(48)10-13-49(30,6)51(24)20-52(42,74-23)67-21-51)71-46-41(73-44-37(61)33(57)27(17-54)69-44)40(25(55)18-65-46)72-45-39(63)36(60)34(58)28(70-45)19-66-43-38(62)35(59)32(56)26(16-53)68-43/h14,23-46,53-64H,8-13,15-21H2,1-7H3/t23?,24-,25+,26-,27+,28-,29?,30-,31+,32-,33+,34-,35+,36+,37-,38-,39-,40+,41-,42?,43-,44+,45+,46+,48+,49-,50+,51+,52+/m1/s1. The molecule has 22 nitrogen and oxygen atoms in total. The molecule has 2 bridgehead atoms. The highest BCUT2D eigenvalue weighted by atomic mass is 16.8. The van der Waals surface area contributed by atoms with E-state index in [4.69, 9.17) is 47.4 Å². The van der Waals surface area contributed by atoms with Gasteiger partial charge in [0.15, 0.2) is 30.9 Å². The maximum Gasteiger partial charge on any atom is 0.187 e. The molecule has 424 valence electrons. The van der Waals surface area contributed by atoms with Crippen LogP contribution in [-0.2, 0) is 47.4 Å². The minimum absolute atomic E-state index is 0.108. The van der Waals surface area contributed by atoms with Crippen LogP contribution >= 0.6 is 0 Å². The van der Waals surface area contributed by atoms with Crippen LogP contribution in [0, 0.1) is 45.3 Å². The monoisotopic (exact) mass is 1060 g/mol. The van der Waals surface area contributed by atoms with Gasteiger partial charge in [-0.15, -0.1) is 0 Å². The Morgan fingerprint density at radius 1 is 0.635 bits per heavy atom. The lowest BCUT2D eigenvalue weighted by Crippen LogP contribution is -2.67. The summed E-state index contributed by atoms with van der Waals surface area (Å²) in [4.78, 5) is 0. The lowest BCUT2D eigenvalue weighted by atomic mass is 9.35. The van der Waals surface area contributed by atoms with E-state index in [-0.39, 0.29) is 46.7 Å². The van der Waals surface area contributed by atoms with Crippen molar-refractivity contribution in [2.24, 2.45) is 45.3 Å². The Morgan fingerprint density at radius 2 is 1.23 bits per heavy atom. The van der Waals surface area contributed by atoms with Crippen LogP contribution in [0.15, 0.2) is 11.6 Å². The summed E-state index contributed by atoms with van der Waals surface area (Å²) in [5.41, 5.74) is -0.717. The number of aliphatic hydroxyl groups is 12. The third kappa shape index (κ3) is 8.83. The Balaban J connectivity index is 0.879. The van der Waals surface area contributed by atoms with E-state index in [2.05, 4.69) is 47.6 Å². The normalized spacial score (nSPS) is 56.7. The fourth-order valence-electron chi connectivity index (χ4n) is 17.0. The van der Waals surface area contributed by atoms with Crippen LogP contribution in [0.25, 0.3) is 0 Å². The van der Waals surface area contributed by atoms with Gasteiger partial charge in [-0.3, -0.25) is 0 Å². The van der Waals surface area contributed by atoms with Gasteiger partial charge in [-0.25, -0.2) is 0 Å². The molecular formula is C52H84O22. The van der Waals surface area contributed by atoms with E-state index in [1.807, 2.05) is 6.92 Å². The third-order valence-corrected chi connectivity index (χ3v) is 20.5. The van der Waals surface area contributed by atoms with Crippen LogP contribution in [0.1, 0.15) is 99.8 Å². The van der Waals surface area contributed by atoms with Crippen molar-refractivity contribution in [3.8, 4) is 0 Å². The van der Waals surface area contributed by atoms with Gasteiger partial charge in [0.2, 0.25) is 0 Å². The van der Waals surface area contributed by atoms with Crippen LogP contribution < -0.4 is 0 Å². The largest absolute Gasteiger partial charge is 0.394 e. The first-order chi connectivity index (χ1) is 34.8. The second-order valence-electron chi connectivity index (χ2n) is 25.3. The van der Waals surface area contributed by atoms with E-state index in [0.29, 0.717) is 25.4 Å². The molecule has 10 rings (SSSR count). The van der Waals surface area contributed by atoms with Gasteiger partial charge in [-0.1, -0.05) is 39.3 Å². The molecule has 4 aliphatic carbocycles. The zero-order valence-corrected chi connectivity index (χ0v) is 43.6. The average molecular weight is 1060 g/mol. The summed E-state index contributed by atoms with van der Waals surface area (Å²) < 4.78 is 62.4. The first-order valence-corrected chi connectivity index (χ1v) is 27.0. The highest BCUT2D eigenvalue weighted by Gasteiger charge is 2.81. The van der Waals surface area contributed by atoms with Crippen molar-refractivity contribution in [3.05, 3.63) is 11.6 Å². The molecule has 0 aromatic heterocycles. The number of fused-ring (bicyclic) bond motifs is 4. The van der Waals surface area contributed by atoms with Crippen LogP contribution in [0.3, 0.4) is 0 Å². The van der Waals surface area contributed by atoms with Crippen LogP contribution in [0.4, 0.5) is 0 Å². The Morgan fingerprint density at radius 3 is 1.89 bits per heavy atom. The van der Waals surface area contributed by atoms with Crippen molar-refractivity contribution < 1.29 is 109 Å². The summed E-state index contributed by atoms with van der Waals surface area (Å²) in [6.07, 6.45) is -21.2. The molecule has 4 saturated carbocycles. The minimum Gasteiger partial charge on any atom is -0.394 e. The number of allylic oxidation sites excluding steroid dienone is 1. The SMILES string of the molecule is CC(C)=CC1C[C@](C)(O)C2[C@H]3CC[C@@H]4[C@@]5(C)CC[C@H](O[C@@H]6OC[C@H](O)[C@H](O[C@@H]7O[C@H](CO[C@@H]8O[C@H](CO)[C@@H](O)[C@H](O)[C@H]8O)[C@@H](O)[C@H](O)[C@H]7O)[C@H]6O[C@@H]6O[C@@H](CO)[C@H](O)[C@H]6O)C(C)(C)C5CC[C@@]4(C)[C@@]34CO[C@@]2(C4)O1. The van der Waals surface area contributed by atoms with Gasteiger partial charge in [0, 0.05) is 24.2 Å². The van der Waals surface area contributed by atoms with Gasteiger partial charge in [0.25, 0.3) is 0 Å². The van der Waals surface area contributed by atoms with Crippen molar-refractivity contribution >= 4 is 0 Å². The molecule has 74 heavy (non-hydrogen) atoms. The topological polar surface area (TPSA) is 335 Å². The lowest BCUT2D eigenvalue weighted by molar-refractivity contribution is -0.378. The van der Waals surface area contributed by atoms with E-state index in [9.17, 15) is 61.3 Å². The molecule has 2 spiro atoms. The number of rotatable bonds is 12. The molecule has 0 aromatic rings. The molecule has 0 radical (unpaired) electrons. The van der Waals surface area contributed by atoms with E-state index in [1.54, 1.807) is 0 Å². The van der Waals surface area contributed by atoms with E-state index >= 15 is 0 Å². The predicted molar refractivity (Wildman–Crippen MR) is 251 cm³/mol. The Bertz CT molecular complexity index is 2020. The fourth-order valence-corrected chi connectivity index (χ4v) is 17.0. The predicted octanol–water partition coefficient (Wildman–Crippen LogP) is -1.57. The van der Waals surface area contributed by atoms with Crippen molar-refractivity contribution in [3.63, 3.8) is 0 Å². The Labute approximate surface area is 431 Å². The van der Waals surface area contributed by atoms with Gasteiger partial charge in [0.1, 0.15) is 85.5 Å². The van der Waals surface area contributed by atoms with Crippen LogP contribution in [0.5, 0.6) is 0 Å². The summed E-state index contributed by atoms with van der Waals surface area (Å²) in [7, 11) is 0. The molecule has 3 unspecified atom stereocenters. The molecule has 0 aromatic carbocycles. The van der Waals surface area contributed by atoms with Crippen LogP contribution in [-0.4, -0.2) is 229 Å². The van der Waals surface area contributed by atoms with Crippen molar-refractivity contribution in [1.82, 2.24) is 0 Å². The lowest BCUT2D eigenvalue weighted by Gasteiger charge is -2.70. The Hall–Kier alpha value is -1.14. The molecule has 6 saturated heterocycles. The third-order valence-electron chi connectivity index (χ3n) is 20.5. The van der Waals surface area contributed by atoms with Gasteiger partial charge in [-0.2, -0.15) is 0 Å². The zero-order chi connectivity index (χ0) is 53.4. The van der Waals surface area contributed by atoms with Crippen molar-refractivity contribution in [2.75, 3.05) is 33.0 Å². The first kappa shape index (κ1) is 56.1. The summed E-state index contributed by atoms with van der Waals surface area (Å²) in [5.74, 6) is -0.233. The van der Waals surface area contributed by atoms with Gasteiger partial charge >= 0.3 is 0 Å². The highest BCUT2D eigenvalue weighted by molar-refractivity contribution is 5.27. The maximum atomic E-state index is 12.3. The molecule has 6 aliphatic heterocycles. The maximum absolute atomic E-state index is 12.3. The molecule has 10 aliphatic rings. The molecule has 6 heterocycles. The highest BCUT2D eigenvalue weighted by Crippen LogP contribution is 2.80. The average Bonchev–Trinajstić information content (AvgIpc) is 3.96. The van der Waals surface area contributed by atoms with Gasteiger partial charge in [-0.05, 0) is 93.3 Å². The van der Waals surface area contributed by atoms with Crippen molar-refractivity contribution in [1.29, 1.82) is 0 Å². The molecular weight excluding hydrogens is 977 g/mol.